The molecular formula is C12H18FNO. The second kappa shape index (κ2) is 5.83. The molecule has 84 valence electrons. The summed E-state index contributed by atoms with van der Waals surface area (Å²) in [5.41, 5.74) is 1.12. The van der Waals surface area contributed by atoms with Crippen molar-refractivity contribution in [3.63, 3.8) is 0 Å². The van der Waals surface area contributed by atoms with Crippen LogP contribution in [-0.4, -0.2) is 32.2 Å². The van der Waals surface area contributed by atoms with Gasteiger partial charge in [0, 0.05) is 19.7 Å². The second-order valence-corrected chi connectivity index (χ2v) is 3.70. The first-order valence-corrected chi connectivity index (χ1v) is 5.09. The predicted molar refractivity (Wildman–Crippen MR) is 59.3 cm³/mol. The van der Waals surface area contributed by atoms with Crippen LogP contribution >= 0.6 is 0 Å². The Morgan fingerprint density at radius 1 is 1.33 bits per heavy atom. The van der Waals surface area contributed by atoms with Gasteiger partial charge in [-0.25, -0.2) is 4.39 Å². The van der Waals surface area contributed by atoms with Crippen molar-refractivity contribution < 1.29 is 9.13 Å². The van der Waals surface area contributed by atoms with Gasteiger partial charge < -0.3 is 4.74 Å². The van der Waals surface area contributed by atoms with Gasteiger partial charge in [-0.1, -0.05) is 12.1 Å². The lowest BCUT2D eigenvalue weighted by molar-refractivity contribution is 0.143. The van der Waals surface area contributed by atoms with E-state index in [1.54, 1.807) is 7.11 Å². The van der Waals surface area contributed by atoms with Crippen LogP contribution in [0.2, 0.25) is 0 Å². The lowest BCUT2D eigenvalue weighted by Gasteiger charge is -2.24. The fraction of sp³-hybridized carbons (Fsp3) is 0.500. The Morgan fingerprint density at radius 2 is 1.93 bits per heavy atom. The molecule has 0 saturated heterocycles. The summed E-state index contributed by atoms with van der Waals surface area (Å²) in [5, 5.41) is 0. The quantitative estimate of drug-likeness (QED) is 0.741. The van der Waals surface area contributed by atoms with E-state index in [4.69, 9.17) is 4.74 Å². The van der Waals surface area contributed by atoms with Crippen molar-refractivity contribution in [3.05, 3.63) is 35.6 Å². The van der Waals surface area contributed by atoms with Gasteiger partial charge in [0.15, 0.2) is 0 Å². The zero-order valence-corrected chi connectivity index (χ0v) is 9.53. The number of nitrogens with zero attached hydrogens (tertiary/aromatic N) is 1. The monoisotopic (exact) mass is 211 g/mol. The molecule has 1 aromatic rings. The average Bonchev–Trinajstić information content (AvgIpc) is 2.26. The molecule has 0 heterocycles. The smallest absolute Gasteiger partial charge is 0.123 e. The van der Waals surface area contributed by atoms with Crippen LogP contribution in [-0.2, 0) is 4.74 Å². The van der Waals surface area contributed by atoms with Crippen LogP contribution in [0.1, 0.15) is 18.5 Å². The van der Waals surface area contributed by atoms with Crippen LogP contribution in [0.3, 0.4) is 0 Å². The van der Waals surface area contributed by atoms with E-state index in [0.717, 1.165) is 12.1 Å². The Kier molecular flexibility index (Phi) is 4.72. The van der Waals surface area contributed by atoms with Gasteiger partial charge in [-0.3, -0.25) is 4.90 Å². The molecule has 0 unspecified atom stereocenters. The van der Waals surface area contributed by atoms with E-state index in [0.29, 0.717) is 6.61 Å². The van der Waals surface area contributed by atoms with Gasteiger partial charge in [0.1, 0.15) is 5.82 Å². The third-order valence-electron chi connectivity index (χ3n) is 2.66. The molecule has 0 aliphatic carbocycles. The molecule has 2 nitrogen and oxygen atoms in total. The zero-order valence-electron chi connectivity index (χ0n) is 9.53. The van der Waals surface area contributed by atoms with E-state index < -0.39 is 0 Å². The standard InChI is InChI=1S/C12H18FNO/c1-10(14(2)8-9-15-3)11-4-6-12(13)7-5-11/h4-7,10H,8-9H2,1-3H3/t10-/m1/s1. The molecule has 0 spiro atoms. The Labute approximate surface area is 90.7 Å². The molecule has 0 amide bonds. The van der Waals surface area contributed by atoms with E-state index in [-0.39, 0.29) is 11.9 Å². The van der Waals surface area contributed by atoms with Crippen molar-refractivity contribution >= 4 is 0 Å². The summed E-state index contributed by atoms with van der Waals surface area (Å²) in [7, 11) is 3.73. The van der Waals surface area contributed by atoms with Crippen molar-refractivity contribution in [2.75, 3.05) is 27.3 Å². The number of hydrogen-bond acceptors (Lipinski definition) is 2. The van der Waals surface area contributed by atoms with Crippen molar-refractivity contribution in [3.8, 4) is 0 Å². The van der Waals surface area contributed by atoms with Crippen LogP contribution in [0, 0.1) is 5.82 Å². The minimum atomic E-state index is -0.189. The summed E-state index contributed by atoms with van der Waals surface area (Å²) in [6.07, 6.45) is 0. The number of benzene rings is 1. The Bertz CT molecular complexity index is 286. The molecule has 0 aromatic heterocycles. The van der Waals surface area contributed by atoms with E-state index in [9.17, 15) is 4.39 Å². The third kappa shape index (κ3) is 3.61. The minimum Gasteiger partial charge on any atom is -0.383 e. The van der Waals surface area contributed by atoms with E-state index >= 15 is 0 Å². The summed E-state index contributed by atoms with van der Waals surface area (Å²) in [4.78, 5) is 2.18. The van der Waals surface area contributed by atoms with Crippen LogP contribution in [0.4, 0.5) is 4.39 Å². The molecule has 1 atom stereocenters. The average molecular weight is 211 g/mol. The van der Waals surface area contributed by atoms with Gasteiger partial charge in [0.05, 0.1) is 6.61 Å². The molecule has 0 saturated carbocycles. The number of likely N-dealkylation sites (N-methyl/N-ethyl adjacent to an activating group) is 1. The van der Waals surface area contributed by atoms with E-state index in [1.165, 1.54) is 12.1 Å². The maximum atomic E-state index is 12.7. The van der Waals surface area contributed by atoms with Gasteiger partial charge in [-0.05, 0) is 31.7 Å². The number of hydrogen-bond donors (Lipinski definition) is 0. The molecule has 0 aliphatic rings. The highest BCUT2D eigenvalue weighted by Crippen LogP contribution is 2.18. The molecular weight excluding hydrogens is 193 g/mol. The topological polar surface area (TPSA) is 12.5 Å². The molecule has 0 bridgehead atoms. The van der Waals surface area contributed by atoms with Crippen LogP contribution in [0.25, 0.3) is 0 Å². The predicted octanol–water partition coefficient (Wildman–Crippen LogP) is 2.46. The van der Waals surface area contributed by atoms with Crippen LogP contribution < -0.4 is 0 Å². The molecule has 0 radical (unpaired) electrons. The molecule has 0 aliphatic heterocycles. The highest BCUT2D eigenvalue weighted by molar-refractivity contribution is 5.19. The highest BCUT2D eigenvalue weighted by Gasteiger charge is 2.10. The van der Waals surface area contributed by atoms with Gasteiger partial charge in [-0.2, -0.15) is 0 Å². The van der Waals surface area contributed by atoms with Crippen LogP contribution in [0.15, 0.2) is 24.3 Å². The van der Waals surface area contributed by atoms with Gasteiger partial charge >= 0.3 is 0 Å². The van der Waals surface area contributed by atoms with Gasteiger partial charge in [0.25, 0.3) is 0 Å². The van der Waals surface area contributed by atoms with Crippen molar-refractivity contribution in [1.82, 2.24) is 4.90 Å². The minimum absolute atomic E-state index is 0.189. The molecule has 3 heteroatoms. The van der Waals surface area contributed by atoms with E-state index in [1.807, 2.05) is 19.2 Å². The summed E-state index contributed by atoms with van der Waals surface area (Å²) in [6.45, 7) is 3.68. The SMILES string of the molecule is COCCN(C)[C@H](C)c1ccc(F)cc1. The van der Waals surface area contributed by atoms with Crippen molar-refractivity contribution in [1.29, 1.82) is 0 Å². The molecule has 1 aromatic carbocycles. The number of ether oxygens (including phenoxy) is 1. The zero-order chi connectivity index (χ0) is 11.3. The highest BCUT2D eigenvalue weighted by atomic mass is 19.1. The van der Waals surface area contributed by atoms with Crippen molar-refractivity contribution in [2.45, 2.75) is 13.0 Å². The second-order valence-electron chi connectivity index (χ2n) is 3.70. The first-order chi connectivity index (χ1) is 7.15. The summed E-state index contributed by atoms with van der Waals surface area (Å²) >= 11 is 0. The number of halogens is 1. The normalized spacial score (nSPS) is 13.1. The first kappa shape index (κ1) is 12.1. The number of rotatable bonds is 5. The lowest BCUT2D eigenvalue weighted by Crippen LogP contribution is -2.26. The largest absolute Gasteiger partial charge is 0.383 e. The fourth-order valence-corrected chi connectivity index (χ4v) is 1.42. The molecule has 0 fully saturated rings. The van der Waals surface area contributed by atoms with E-state index in [2.05, 4.69) is 11.8 Å². The van der Waals surface area contributed by atoms with Gasteiger partial charge in [-0.15, -0.1) is 0 Å². The Hall–Kier alpha value is -0.930. The summed E-state index contributed by atoms with van der Waals surface area (Å²) in [5.74, 6) is -0.189. The Morgan fingerprint density at radius 3 is 2.47 bits per heavy atom. The third-order valence-corrected chi connectivity index (χ3v) is 2.66. The Balaban J connectivity index is 2.59. The lowest BCUT2D eigenvalue weighted by atomic mass is 10.1. The first-order valence-electron chi connectivity index (χ1n) is 5.09. The maximum Gasteiger partial charge on any atom is 0.123 e. The fourth-order valence-electron chi connectivity index (χ4n) is 1.42. The molecule has 15 heavy (non-hydrogen) atoms. The summed E-state index contributed by atoms with van der Waals surface area (Å²) < 4.78 is 17.7. The summed E-state index contributed by atoms with van der Waals surface area (Å²) in [6, 6.07) is 6.92. The van der Waals surface area contributed by atoms with Gasteiger partial charge in [0.2, 0.25) is 0 Å². The molecule has 1 rings (SSSR count). The van der Waals surface area contributed by atoms with Crippen LogP contribution in [0.5, 0.6) is 0 Å². The van der Waals surface area contributed by atoms with Crippen molar-refractivity contribution in [2.24, 2.45) is 0 Å². The maximum absolute atomic E-state index is 12.7. The number of methoxy groups -OCH3 is 1. The molecule has 0 N–H and O–H groups in total.